The predicted molar refractivity (Wildman–Crippen MR) is 78.3 cm³/mol. The van der Waals surface area contributed by atoms with Crippen molar-refractivity contribution in [1.82, 2.24) is 15.0 Å². The highest BCUT2D eigenvalue weighted by Crippen LogP contribution is 2.27. The van der Waals surface area contributed by atoms with Gasteiger partial charge >= 0.3 is 0 Å². The van der Waals surface area contributed by atoms with Crippen molar-refractivity contribution in [2.75, 3.05) is 0 Å². The van der Waals surface area contributed by atoms with Gasteiger partial charge in [-0.25, -0.2) is 4.98 Å². The molecule has 0 atom stereocenters. The quantitative estimate of drug-likeness (QED) is 0.666. The van der Waals surface area contributed by atoms with E-state index in [-0.39, 0.29) is 0 Å². The average Bonchev–Trinajstić information content (AvgIpc) is 2.44. The molecule has 0 aliphatic rings. The molecule has 100 valence electrons. The summed E-state index contributed by atoms with van der Waals surface area (Å²) in [7, 11) is 0. The van der Waals surface area contributed by atoms with E-state index < -0.39 is 0 Å². The molecule has 0 N–H and O–H groups in total. The molecule has 1 aromatic carbocycles. The fourth-order valence-corrected chi connectivity index (χ4v) is 2.09. The topological polar surface area (TPSA) is 47.9 Å². The van der Waals surface area contributed by atoms with E-state index in [0.717, 1.165) is 10.9 Å². The molecule has 0 fully saturated rings. The highest BCUT2D eigenvalue weighted by Gasteiger charge is 2.10. The lowest BCUT2D eigenvalue weighted by atomic mass is 10.2. The zero-order chi connectivity index (χ0) is 14.1. The van der Waals surface area contributed by atoms with Crippen LogP contribution >= 0.6 is 11.6 Å². The third-order valence-corrected chi connectivity index (χ3v) is 3.30. The first-order chi connectivity index (χ1) is 9.63. The summed E-state index contributed by atoms with van der Waals surface area (Å²) >= 11 is 6.03. The molecule has 0 saturated carbocycles. The van der Waals surface area contributed by atoms with Gasteiger partial charge < -0.3 is 4.74 Å². The van der Waals surface area contributed by atoms with Crippen molar-refractivity contribution in [2.45, 2.75) is 13.8 Å². The summed E-state index contributed by atoms with van der Waals surface area (Å²) in [6.07, 6.45) is 1.67. The Morgan fingerprint density at radius 2 is 1.90 bits per heavy atom. The minimum atomic E-state index is 0.404. The van der Waals surface area contributed by atoms with Crippen LogP contribution in [0.1, 0.15) is 11.4 Å². The van der Waals surface area contributed by atoms with E-state index in [1.54, 1.807) is 13.1 Å². The number of hydrogen-bond acceptors (Lipinski definition) is 4. The Morgan fingerprint density at radius 1 is 1.10 bits per heavy atom. The molecule has 20 heavy (non-hydrogen) atoms. The lowest BCUT2D eigenvalue weighted by molar-refractivity contribution is 0.454. The fraction of sp³-hybridized carbons (Fsp3) is 0.133. The Morgan fingerprint density at radius 3 is 2.75 bits per heavy atom. The number of nitrogens with zero attached hydrogens (tertiary/aromatic N) is 3. The third kappa shape index (κ3) is 2.42. The molecule has 0 spiro atoms. The van der Waals surface area contributed by atoms with Crippen LogP contribution in [0.3, 0.4) is 0 Å². The number of benzene rings is 1. The van der Waals surface area contributed by atoms with E-state index in [9.17, 15) is 0 Å². The zero-order valence-corrected chi connectivity index (χ0v) is 11.8. The molecular formula is C15H12ClN3O. The molecule has 2 heterocycles. The number of pyridine rings is 1. The molecule has 0 saturated heterocycles. The Balaban J connectivity index is 2.01. The van der Waals surface area contributed by atoms with Crippen LogP contribution in [-0.4, -0.2) is 15.0 Å². The van der Waals surface area contributed by atoms with Gasteiger partial charge in [0.25, 0.3) is 0 Å². The number of aromatic nitrogens is 3. The molecule has 4 nitrogen and oxygen atoms in total. The smallest absolute Gasteiger partial charge is 0.227 e. The summed E-state index contributed by atoms with van der Waals surface area (Å²) < 4.78 is 5.78. The number of aryl methyl sites for hydroxylation is 1. The van der Waals surface area contributed by atoms with Gasteiger partial charge in [-0.2, -0.15) is 4.98 Å². The van der Waals surface area contributed by atoms with Crippen LogP contribution in [0.2, 0.25) is 5.15 Å². The Bertz CT molecular complexity index is 789. The number of para-hydroxylation sites is 1. The molecule has 3 rings (SSSR count). The van der Waals surface area contributed by atoms with Gasteiger partial charge in [0.1, 0.15) is 16.7 Å². The second-order valence-corrected chi connectivity index (χ2v) is 4.82. The van der Waals surface area contributed by atoms with Crippen molar-refractivity contribution in [3.63, 3.8) is 0 Å². The van der Waals surface area contributed by atoms with E-state index in [4.69, 9.17) is 16.3 Å². The maximum absolute atomic E-state index is 6.03. The van der Waals surface area contributed by atoms with Gasteiger partial charge in [0.2, 0.25) is 5.88 Å². The van der Waals surface area contributed by atoms with E-state index in [0.29, 0.717) is 28.2 Å². The Kier molecular flexibility index (Phi) is 3.24. The summed E-state index contributed by atoms with van der Waals surface area (Å²) in [4.78, 5) is 12.7. The van der Waals surface area contributed by atoms with Gasteiger partial charge in [-0.3, -0.25) is 4.98 Å². The average molecular weight is 286 g/mol. The van der Waals surface area contributed by atoms with E-state index >= 15 is 0 Å². The maximum atomic E-state index is 6.03. The molecule has 5 heteroatoms. The molecule has 0 bridgehead atoms. The van der Waals surface area contributed by atoms with Crippen LogP contribution in [0.25, 0.3) is 10.9 Å². The largest absolute Gasteiger partial charge is 0.437 e. The van der Waals surface area contributed by atoms with Gasteiger partial charge in [-0.1, -0.05) is 29.8 Å². The minimum absolute atomic E-state index is 0.404. The SMILES string of the molecule is Cc1nc(Cl)c(C)c(Oc2cnc3ccccc3c2)n1. The first-order valence-electron chi connectivity index (χ1n) is 6.17. The Labute approximate surface area is 121 Å². The van der Waals surface area contributed by atoms with Gasteiger partial charge in [0.15, 0.2) is 0 Å². The monoisotopic (exact) mass is 285 g/mol. The molecule has 0 aliphatic carbocycles. The van der Waals surface area contributed by atoms with Crippen molar-refractivity contribution in [2.24, 2.45) is 0 Å². The standard InChI is InChI=1S/C15H12ClN3O/c1-9-14(16)18-10(2)19-15(9)20-12-7-11-5-3-4-6-13(11)17-8-12/h3-8H,1-2H3. The van der Waals surface area contributed by atoms with Crippen molar-refractivity contribution in [1.29, 1.82) is 0 Å². The highest BCUT2D eigenvalue weighted by atomic mass is 35.5. The normalized spacial score (nSPS) is 10.8. The second kappa shape index (κ2) is 5.06. The number of fused-ring (bicyclic) bond motifs is 1. The van der Waals surface area contributed by atoms with Crippen LogP contribution in [0.4, 0.5) is 0 Å². The van der Waals surface area contributed by atoms with Crippen molar-refractivity contribution in [3.8, 4) is 11.6 Å². The van der Waals surface area contributed by atoms with Crippen LogP contribution in [0, 0.1) is 13.8 Å². The summed E-state index contributed by atoms with van der Waals surface area (Å²) in [6, 6.07) is 9.78. The first-order valence-corrected chi connectivity index (χ1v) is 6.54. The number of ether oxygens (including phenoxy) is 1. The first kappa shape index (κ1) is 12.8. The van der Waals surface area contributed by atoms with E-state index in [1.165, 1.54) is 0 Å². The molecule has 2 aromatic heterocycles. The molecule has 0 radical (unpaired) electrons. The number of halogens is 1. The number of hydrogen-bond donors (Lipinski definition) is 0. The fourth-order valence-electron chi connectivity index (χ4n) is 1.89. The van der Waals surface area contributed by atoms with Crippen LogP contribution in [-0.2, 0) is 0 Å². The zero-order valence-electron chi connectivity index (χ0n) is 11.1. The lowest BCUT2D eigenvalue weighted by Gasteiger charge is -2.09. The maximum Gasteiger partial charge on any atom is 0.227 e. The highest BCUT2D eigenvalue weighted by molar-refractivity contribution is 6.30. The molecule has 0 amide bonds. The van der Waals surface area contributed by atoms with E-state index in [2.05, 4.69) is 15.0 Å². The molecule has 3 aromatic rings. The van der Waals surface area contributed by atoms with Crippen LogP contribution in [0.15, 0.2) is 36.5 Å². The van der Waals surface area contributed by atoms with E-state index in [1.807, 2.05) is 37.3 Å². The second-order valence-electron chi connectivity index (χ2n) is 4.46. The number of rotatable bonds is 2. The molecular weight excluding hydrogens is 274 g/mol. The van der Waals surface area contributed by atoms with Gasteiger partial charge in [-0.15, -0.1) is 0 Å². The minimum Gasteiger partial charge on any atom is -0.437 e. The summed E-state index contributed by atoms with van der Waals surface area (Å²) in [5, 5.41) is 1.42. The van der Waals surface area contributed by atoms with Crippen molar-refractivity contribution >= 4 is 22.5 Å². The van der Waals surface area contributed by atoms with Crippen LogP contribution < -0.4 is 4.74 Å². The third-order valence-electron chi connectivity index (χ3n) is 2.93. The molecule has 0 unspecified atom stereocenters. The van der Waals surface area contributed by atoms with Gasteiger partial charge in [-0.05, 0) is 26.0 Å². The molecule has 0 aliphatic heterocycles. The van der Waals surface area contributed by atoms with Gasteiger partial charge in [0, 0.05) is 10.9 Å². The van der Waals surface area contributed by atoms with Crippen molar-refractivity contribution < 1.29 is 4.74 Å². The predicted octanol–water partition coefficient (Wildman–Crippen LogP) is 4.09. The van der Waals surface area contributed by atoms with Crippen LogP contribution in [0.5, 0.6) is 11.6 Å². The summed E-state index contributed by atoms with van der Waals surface area (Å²) in [5.41, 5.74) is 1.64. The Hall–Kier alpha value is -2.20. The van der Waals surface area contributed by atoms with Gasteiger partial charge in [0.05, 0.1) is 11.7 Å². The lowest BCUT2D eigenvalue weighted by Crippen LogP contribution is -1.97. The summed E-state index contributed by atoms with van der Waals surface area (Å²) in [5.74, 6) is 1.66. The summed E-state index contributed by atoms with van der Waals surface area (Å²) in [6.45, 7) is 3.60. The van der Waals surface area contributed by atoms with Crippen molar-refractivity contribution in [3.05, 3.63) is 53.1 Å².